The molecule has 1 aromatic carbocycles. The van der Waals surface area contributed by atoms with Crippen molar-refractivity contribution in [3.8, 4) is 0 Å². The zero-order valence-corrected chi connectivity index (χ0v) is 19.1. The summed E-state index contributed by atoms with van der Waals surface area (Å²) in [7, 11) is 0. The summed E-state index contributed by atoms with van der Waals surface area (Å²) < 4.78 is 48.6. The van der Waals surface area contributed by atoms with E-state index in [1.54, 1.807) is 49.9 Å². The van der Waals surface area contributed by atoms with E-state index in [4.69, 9.17) is 9.47 Å². The molecule has 2 heterocycles. The zero-order chi connectivity index (χ0) is 24.4. The molecule has 180 valence electrons. The lowest BCUT2D eigenvalue weighted by atomic mass is 10.2. The number of carbonyl (C=O) groups is 3. The molecule has 0 unspecified atom stereocenters. The third-order valence-electron chi connectivity index (χ3n) is 4.58. The van der Waals surface area contributed by atoms with Crippen molar-refractivity contribution in [2.45, 2.75) is 38.7 Å². The van der Waals surface area contributed by atoms with Gasteiger partial charge in [-0.25, -0.2) is 9.59 Å². The van der Waals surface area contributed by atoms with Crippen molar-refractivity contribution < 1.29 is 37.0 Å². The number of benzene rings is 1. The summed E-state index contributed by atoms with van der Waals surface area (Å²) in [6, 6.07) is 6.58. The van der Waals surface area contributed by atoms with Crippen molar-refractivity contribution in [1.82, 2.24) is 5.32 Å². The Labute approximate surface area is 193 Å². The maximum atomic E-state index is 12.7. The van der Waals surface area contributed by atoms with Gasteiger partial charge in [-0.3, -0.25) is 9.69 Å². The summed E-state index contributed by atoms with van der Waals surface area (Å²) in [6.45, 7) is 5.94. The molecule has 1 N–H and O–H groups in total. The Morgan fingerprint density at radius 2 is 1.82 bits per heavy atom. The molecule has 12 heteroatoms. The number of alkyl halides is 3. The monoisotopic (exact) mass is 487 g/mol. The van der Waals surface area contributed by atoms with Gasteiger partial charge < -0.3 is 19.7 Å². The van der Waals surface area contributed by atoms with E-state index in [-0.39, 0.29) is 18.0 Å². The molecule has 1 aromatic rings. The number of nitrogens with one attached hydrogen (secondary N) is 1. The predicted octanol–water partition coefficient (Wildman–Crippen LogP) is 4.06. The molecule has 1 saturated heterocycles. The molecule has 33 heavy (non-hydrogen) atoms. The summed E-state index contributed by atoms with van der Waals surface area (Å²) in [4.78, 5) is 38.1. The number of thioether (sulfide) groups is 1. The highest BCUT2D eigenvalue weighted by Gasteiger charge is 2.41. The second kappa shape index (κ2) is 9.54. The standard InChI is InChI=1S/C21H24F3N3O5S/c1-20(2,3)32-18(29)25-10-15-11-27(19(30)31-15)14-6-4-13(5-7-14)26-8-9-33-16(12-26)17(28)21(22,23)24/h4-7,12,15H,8-11H2,1-3H3,(H,25,29)/t15-/m0/s1. The van der Waals surface area contributed by atoms with E-state index in [1.807, 2.05) is 0 Å². The van der Waals surface area contributed by atoms with Gasteiger partial charge in [0, 0.05) is 29.9 Å². The van der Waals surface area contributed by atoms with Gasteiger partial charge in [-0.2, -0.15) is 13.2 Å². The van der Waals surface area contributed by atoms with Crippen LogP contribution in [-0.2, 0) is 14.3 Å². The van der Waals surface area contributed by atoms with Gasteiger partial charge in [0.25, 0.3) is 5.78 Å². The van der Waals surface area contributed by atoms with Gasteiger partial charge in [-0.05, 0) is 45.0 Å². The van der Waals surface area contributed by atoms with Crippen LogP contribution in [0.15, 0.2) is 35.4 Å². The van der Waals surface area contributed by atoms with Crippen LogP contribution in [0, 0.1) is 0 Å². The number of alkyl carbamates (subject to hydrolysis) is 1. The Hall–Kier alpha value is -2.89. The van der Waals surface area contributed by atoms with E-state index in [0.717, 1.165) is 11.8 Å². The Kier molecular flexibility index (Phi) is 7.15. The summed E-state index contributed by atoms with van der Waals surface area (Å²) in [5.41, 5.74) is 0.473. The number of nitrogens with zero attached hydrogens (tertiary/aromatic N) is 2. The van der Waals surface area contributed by atoms with Crippen molar-refractivity contribution in [3.63, 3.8) is 0 Å². The van der Waals surface area contributed by atoms with E-state index in [9.17, 15) is 27.6 Å². The van der Waals surface area contributed by atoms with E-state index in [2.05, 4.69) is 5.32 Å². The third-order valence-corrected chi connectivity index (χ3v) is 5.57. The molecule has 8 nitrogen and oxygen atoms in total. The number of ketones is 1. The minimum Gasteiger partial charge on any atom is -0.444 e. The summed E-state index contributed by atoms with van der Waals surface area (Å²) >= 11 is 0.872. The maximum absolute atomic E-state index is 12.7. The number of rotatable bonds is 5. The first kappa shape index (κ1) is 24.7. The van der Waals surface area contributed by atoms with Crippen molar-refractivity contribution in [2.75, 3.05) is 35.2 Å². The van der Waals surface area contributed by atoms with Crippen molar-refractivity contribution in [3.05, 3.63) is 35.4 Å². The van der Waals surface area contributed by atoms with Crippen LogP contribution < -0.4 is 15.1 Å². The molecule has 2 aliphatic heterocycles. The molecular formula is C21H24F3N3O5S. The fourth-order valence-corrected chi connectivity index (χ4v) is 4.10. The first-order valence-corrected chi connectivity index (χ1v) is 11.1. The smallest absolute Gasteiger partial charge is 0.444 e. The van der Waals surface area contributed by atoms with Crippen LogP contribution in [0.25, 0.3) is 0 Å². The summed E-state index contributed by atoms with van der Waals surface area (Å²) in [5, 5.41) is 2.56. The number of allylic oxidation sites excluding steroid dienone is 1. The zero-order valence-electron chi connectivity index (χ0n) is 18.3. The molecule has 1 fully saturated rings. The highest BCUT2D eigenvalue weighted by molar-refractivity contribution is 8.04. The van der Waals surface area contributed by atoms with Gasteiger partial charge in [0.15, 0.2) is 0 Å². The number of ether oxygens (including phenoxy) is 2. The maximum Gasteiger partial charge on any atom is 0.455 e. The van der Waals surface area contributed by atoms with Crippen LogP contribution >= 0.6 is 11.8 Å². The Morgan fingerprint density at radius 3 is 2.42 bits per heavy atom. The van der Waals surface area contributed by atoms with E-state index in [1.165, 1.54) is 11.1 Å². The van der Waals surface area contributed by atoms with Crippen molar-refractivity contribution >= 4 is 41.1 Å². The lowest BCUT2D eigenvalue weighted by Crippen LogP contribution is -2.38. The van der Waals surface area contributed by atoms with Gasteiger partial charge >= 0.3 is 18.4 Å². The molecule has 1 atom stereocenters. The Morgan fingerprint density at radius 1 is 1.18 bits per heavy atom. The minimum absolute atomic E-state index is 0.0848. The van der Waals surface area contributed by atoms with Crippen LogP contribution in [0.1, 0.15) is 20.8 Å². The number of cyclic esters (lactones) is 1. The molecule has 0 aliphatic carbocycles. The summed E-state index contributed by atoms with van der Waals surface area (Å²) in [6.07, 6.45) is -5.48. The van der Waals surface area contributed by atoms with Gasteiger partial charge in [0.2, 0.25) is 0 Å². The molecule has 0 spiro atoms. The van der Waals surface area contributed by atoms with Gasteiger partial charge in [-0.15, -0.1) is 11.8 Å². The molecule has 0 saturated carbocycles. The second-order valence-electron chi connectivity index (χ2n) is 8.38. The number of hydrogen-bond acceptors (Lipinski definition) is 7. The number of carbonyl (C=O) groups excluding carboxylic acids is 3. The van der Waals surface area contributed by atoms with Crippen LogP contribution in [0.5, 0.6) is 0 Å². The van der Waals surface area contributed by atoms with Gasteiger partial charge in [0.1, 0.15) is 11.7 Å². The molecular weight excluding hydrogens is 463 g/mol. The van der Waals surface area contributed by atoms with Crippen molar-refractivity contribution in [2.24, 2.45) is 0 Å². The largest absolute Gasteiger partial charge is 0.455 e. The number of anilines is 2. The number of amides is 2. The van der Waals surface area contributed by atoms with E-state index in [0.29, 0.717) is 23.7 Å². The molecule has 0 aromatic heterocycles. The van der Waals surface area contributed by atoms with Crippen LogP contribution in [0.4, 0.5) is 34.1 Å². The Bertz CT molecular complexity index is 944. The normalized spacial score (nSPS) is 19.2. The van der Waals surface area contributed by atoms with E-state index < -0.39 is 35.9 Å². The van der Waals surface area contributed by atoms with Gasteiger partial charge in [0.05, 0.1) is 18.0 Å². The first-order chi connectivity index (χ1) is 15.3. The van der Waals surface area contributed by atoms with Crippen LogP contribution in [0.3, 0.4) is 0 Å². The van der Waals surface area contributed by atoms with Crippen molar-refractivity contribution in [1.29, 1.82) is 0 Å². The highest BCUT2D eigenvalue weighted by atomic mass is 32.2. The second-order valence-corrected chi connectivity index (χ2v) is 9.51. The lowest BCUT2D eigenvalue weighted by molar-refractivity contribution is -0.165. The number of halogens is 3. The molecule has 0 bridgehead atoms. The topological polar surface area (TPSA) is 88.2 Å². The molecule has 2 aliphatic rings. The average molecular weight is 488 g/mol. The quantitative estimate of drug-likeness (QED) is 0.670. The third kappa shape index (κ3) is 6.56. The highest BCUT2D eigenvalue weighted by Crippen LogP contribution is 2.33. The fraction of sp³-hybridized carbons (Fsp3) is 0.476. The SMILES string of the molecule is CC(C)(C)OC(=O)NC[C@H]1CN(c2ccc(N3C=C(C(=O)C(F)(F)F)SCC3)cc2)C(=O)O1. The first-order valence-electron chi connectivity index (χ1n) is 10.1. The predicted molar refractivity (Wildman–Crippen MR) is 117 cm³/mol. The fourth-order valence-electron chi connectivity index (χ4n) is 3.14. The van der Waals surface area contributed by atoms with E-state index >= 15 is 0 Å². The number of Topliss-reactive ketones (excluding diaryl/α,β-unsaturated/α-hetero) is 1. The Balaban J connectivity index is 1.61. The lowest BCUT2D eigenvalue weighted by Gasteiger charge is -2.26. The van der Waals surface area contributed by atoms with Crippen LogP contribution in [-0.4, -0.2) is 61.2 Å². The average Bonchev–Trinajstić information content (AvgIpc) is 3.10. The molecule has 0 radical (unpaired) electrons. The number of hydrogen-bond donors (Lipinski definition) is 1. The minimum atomic E-state index is -4.92. The summed E-state index contributed by atoms with van der Waals surface area (Å²) in [5.74, 6) is -1.53. The molecule has 3 rings (SSSR count). The molecule has 2 amide bonds. The van der Waals surface area contributed by atoms with Gasteiger partial charge in [-0.1, -0.05) is 0 Å². The van der Waals surface area contributed by atoms with Crippen LogP contribution in [0.2, 0.25) is 0 Å².